The molecule has 140 valence electrons. The topological polar surface area (TPSA) is 66.5 Å². The number of thioether (sulfide) groups is 1. The minimum Gasteiger partial charge on any atom is -0.346 e. The summed E-state index contributed by atoms with van der Waals surface area (Å²) in [6, 6.07) is 5.15. The number of hydrogen-bond acceptors (Lipinski definition) is 4. The van der Waals surface area contributed by atoms with Crippen LogP contribution in [0.25, 0.3) is 0 Å². The molecule has 1 N–H and O–H groups in total. The standard InChI is InChI=1S/C15H19F3N2O3S2/c1-10(2)11-3-5-12(6-4-11)25(22,23)20-9-24-7-13(20)14(21)19-8-15(16,17)18/h3-6,10,13H,7-9H2,1-2H3,(H,19,21)/t13-/m1/s1. The van der Waals surface area contributed by atoms with Crippen LogP contribution in [-0.2, 0) is 14.8 Å². The first-order chi connectivity index (χ1) is 11.5. The molecule has 1 aliphatic rings. The van der Waals surface area contributed by atoms with Gasteiger partial charge in [-0.15, -0.1) is 11.8 Å². The first-order valence-corrected chi connectivity index (χ1v) is 10.2. The molecule has 1 heterocycles. The molecule has 1 saturated heterocycles. The summed E-state index contributed by atoms with van der Waals surface area (Å²) in [5.74, 6) is -0.560. The Hall–Kier alpha value is -1.26. The highest BCUT2D eigenvalue weighted by molar-refractivity contribution is 8.00. The third-order valence-corrected chi connectivity index (χ3v) is 6.81. The Morgan fingerprint density at radius 2 is 1.92 bits per heavy atom. The summed E-state index contributed by atoms with van der Waals surface area (Å²) in [5, 5.41) is 1.76. The third kappa shape index (κ3) is 4.89. The van der Waals surface area contributed by atoms with Crippen molar-refractivity contribution in [2.45, 2.75) is 36.9 Å². The molecular weight excluding hydrogens is 377 g/mol. The molecule has 1 aromatic rings. The van der Waals surface area contributed by atoms with Crippen LogP contribution in [-0.4, -0.2) is 49.0 Å². The summed E-state index contributed by atoms with van der Waals surface area (Å²) in [6.07, 6.45) is -4.54. The van der Waals surface area contributed by atoms with Crippen molar-refractivity contribution in [2.75, 3.05) is 18.2 Å². The van der Waals surface area contributed by atoms with E-state index in [1.807, 2.05) is 13.8 Å². The quantitative estimate of drug-likeness (QED) is 0.831. The lowest BCUT2D eigenvalue weighted by molar-refractivity contribution is -0.140. The van der Waals surface area contributed by atoms with E-state index in [0.29, 0.717) is 0 Å². The van der Waals surface area contributed by atoms with Gasteiger partial charge in [-0.05, 0) is 23.6 Å². The second kappa shape index (κ2) is 7.55. The van der Waals surface area contributed by atoms with Gasteiger partial charge in [0, 0.05) is 5.75 Å². The number of hydrogen-bond donors (Lipinski definition) is 1. The number of halogens is 3. The number of carbonyl (C=O) groups is 1. The van der Waals surface area contributed by atoms with Crippen molar-refractivity contribution >= 4 is 27.7 Å². The molecular formula is C15H19F3N2O3S2. The summed E-state index contributed by atoms with van der Waals surface area (Å²) in [7, 11) is -3.96. The molecule has 0 aromatic heterocycles. The maximum atomic E-state index is 12.7. The van der Waals surface area contributed by atoms with Crippen molar-refractivity contribution in [3.05, 3.63) is 29.8 Å². The fourth-order valence-electron chi connectivity index (χ4n) is 2.34. The molecule has 0 unspecified atom stereocenters. The Morgan fingerprint density at radius 3 is 2.44 bits per heavy atom. The Kier molecular flexibility index (Phi) is 6.05. The van der Waals surface area contributed by atoms with Gasteiger partial charge in [-0.1, -0.05) is 26.0 Å². The van der Waals surface area contributed by atoms with E-state index in [-0.39, 0.29) is 22.4 Å². The first-order valence-electron chi connectivity index (χ1n) is 7.56. The first kappa shape index (κ1) is 20.1. The van der Waals surface area contributed by atoms with Gasteiger partial charge in [-0.25, -0.2) is 8.42 Å². The van der Waals surface area contributed by atoms with Gasteiger partial charge < -0.3 is 5.32 Å². The Bertz CT molecular complexity index is 719. The van der Waals surface area contributed by atoms with Gasteiger partial charge in [0.2, 0.25) is 15.9 Å². The number of amides is 1. The molecule has 1 atom stereocenters. The Labute approximate surface area is 149 Å². The van der Waals surface area contributed by atoms with Crippen LogP contribution in [0.4, 0.5) is 13.2 Å². The maximum Gasteiger partial charge on any atom is 0.405 e. The minimum atomic E-state index is -4.54. The molecule has 10 heteroatoms. The van der Waals surface area contributed by atoms with Crippen LogP contribution in [0.2, 0.25) is 0 Å². The predicted octanol–water partition coefficient (Wildman–Crippen LogP) is 2.55. The number of benzene rings is 1. The average Bonchev–Trinajstić information content (AvgIpc) is 3.02. The molecule has 0 saturated carbocycles. The number of sulfonamides is 1. The monoisotopic (exact) mass is 396 g/mol. The van der Waals surface area contributed by atoms with Crippen LogP contribution < -0.4 is 5.32 Å². The molecule has 2 rings (SSSR count). The summed E-state index contributed by atoms with van der Waals surface area (Å²) in [5.41, 5.74) is 0.967. The maximum absolute atomic E-state index is 12.7. The summed E-state index contributed by atoms with van der Waals surface area (Å²) in [6.45, 7) is 2.47. The van der Waals surface area contributed by atoms with Crippen LogP contribution in [0.5, 0.6) is 0 Å². The van der Waals surface area contributed by atoms with Crippen molar-refractivity contribution in [1.82, 2.24) is 9.62 Å². The molecule has 1 aromatic carbocycles. The molecule has 25 heavy (non-hydrogen) atoms. The molecule has 0 bridgehead atoms. The molecule has 0 spiro atoms. The van der Waals surface area contributed by atoms with Crippen molar-refractivity contribution in [1.29, 1.82) is 0 Å². The number of carbonyl (C=O) groups excluding carboxylic acids is 1. The van der Waals surface area contributed by atoms with Crippen LogP contribution >= 0.6 is 11.8 Å². The second-order valence-corrected chi connectivity index (χ2v) is 8.85. The van der Waals surface area contributed by atoms with Gasteiger partial charge >= 0.3 is 6.18 Å². The molecule has 1 fully saturated rings. The van der Waals surface area contributed by atoms with Crippen LogP contribution in [0.3, 0.4) is 0 Å². The Balaban J connectivity index is 2.18. The minimum absolute atomic E-state index is 0.0213. The van der Waals surface area contributed by atoms with Crippen LogP contribution in [0.1, 0.15) is 25.3 Å². The van der Waals surface area contributed by atoms with E-state index in [0.717, 1.165) is 9.87 Å². The smallest absolute Gasteiger partial charge is 0.346 e. The van der Waals surface area contributed by atoms with E-state index in [1.165, 1.54) is 23.9 Å². The third-order valence-electron chi connectivity index (χ3n) is 3.76. The highest BCUT2D eigenvalue weighted by atomic mass is 32.2. The summed E-state index contributed by atoms with van der Waals surface area (Å²) >= 11 is 1.19. The van der Waals surface area contributed by atoms with Gasteiger partial charge in [0.25, 0.3) is 0 Å². The second-order valence-electron chi connectivity index (χ2n) is 5.96. The number of alkyl halides is 3. The lowest BCUT2D eigenvalue weighted by Gasteiger charge is -2.23. The van der Waals surface area contributed by atoms with Gasteiger partial charge in [0.05, 0.1) is 10.8 Å². The van der Waals surface area contributed by atoms with Crippen molar-refractivity contribution in [3.63, 3.8) is 0 Å². The summed E-state index contributed by atoms with van der Waals surface area (Å²) in [4.78, 5) is 12.0. The average molecular weight is 396 g/mol. The highest BCUT2D eigenvalue weighted by Crippen LogP contribution is 2.29. The van der Waals surface area contributed by atoms with E-state index < -0.39 is 34.7 Å². The van der Waals surface area contributed by atoms with E-state index in [4.69, 9.17) is 0 Å². The zero-order valence-electron chi connectivity index (χ0n) is 13.7. The molecule has 0 radical (unpaired) electrons. The summed E-state index contributed by atoms with van der Waals surface area (Å²) < 4.78 is 63.2. The normalized spacial score (nSPS) is 19.4. The largest absolute Gasteiger partial charge is 0.405 e. The molecule has 1 aliphatic heterocycles. The number of nitrogens with zero attached hydrogens (tertiary/aromatic N) is 1. The molecule has 1 amide bonds. The van der Waals surface area contributed by atoms with E-state index in [2.05, 4.69) is 0 Å². The van der Waals surface area contributed by atoms with Crippen molar-refractivity contribution in [3.8, 4) is 0 Å². The highest BCUT2D eigenvalue weighted by Gasteiger charge is 2.41. The zero-order chi connectivity index (χ0) is 18.8. The van der Waals surface area contributed by atoms with E-state index >= 15 is 0 Å². The van der Waals surface area contributed by atoms with Gasteiger partial charge in [0.1, 0.15) is 12.6 Å². The van der Waals surface area contributed by atoms with E-state index in [9.17, 15) is 26.4 Å². The number of nitrogens with one attached hydrogen (secondary N) is 1. The van der Waals surface area contributed by atoms with Gasteiger partial charge in [-0.3, -0.25) is 4.79 Å². The fraction of sp³-hybridized carbons (Fsp3) is 0.533. The van der Waals surface area contributed by atoms with Crippen molar-refractivity contribution < 1.29 is 26.4 Å². The SMILES string of the molecule is CC(C)c1ccc(S(=O)(=O)N2CSC[C@@H]2C(=O)NCC(F)(F)F)cc1. The predicted molar refractivity (Wildman–Crippen MR) is 89.7 cm³/mol. The van der Waals surface area contributed by atoms with Crippen molar-refractivity contribution in [2.24, 2.45) is 0 Å². The lowest BCUT2D eigenvalue weighted by Crippen LogP contribution is -2.49. The van der Waals surface area contributed by atoms with E-state index in [1.54, 1.807) is 17.4 Å². The van der Waals surface area contributed by atoms with Gasteiger partial charge in [-0.2, -0.15) is 17.5 Å². The lowest BCUT2D eigenvalue weighted by atomic mass is 10.0. The van der Waals surface area contributed by atoms with Crippen LogP contribution in [0, 0.1) is 0 Å². The molecule has 0 aliphatic carbocycles. The Morgan fingerprint density at radius 1 is 1.32 bits per heavy atom. The fourth-order valence-corrected chi connectivity index (χ4v) is 5.49. The zero-order valence-corrected chi connectivity index (χ0v) is 15.3. The number of rotatable bonds is 5. The molecule has 5 nitrogen and oxygen atoms in total. The van der Waals surface area contributed by atoms with Crippen LogP contribution in [0.15, 0.2) is 29.2 Å². The van der Waals surface area contributed by atoms with Gasteiger partial charge in [0.15, 0.2) is 0 Å².